The molecule has 0 bridgehead atoms. The summed E-state index contributed by atoms with van der Waals surface area (Å²) < 4.78 is 37.1. The zero-order valence-electron chi connectivity index (χ0n) is 10.5. The average Bonchev–Trinajstić information content (AvgIpc) is 2.33. The van der Waals surface area contributed by atoms with Crippen molar-refractivity contribution in [2.24, 2.45) is 0 Å². The van der Waals surface area contributed by atoms with Gasteiger partial charge in [-0.1, -0.05) is 12.1 Å². The molecule has 19 heavy (non-hydrogen) atoms. The van der Waals surface area contributed by atoms with Crippen molar-refractivity contribution in [3.63, 3.8) is 0 Å². The van der Waals surface area contributed by atoms with Crippen molar-refractivity contribution in [3.8, 4) is 0 Å². The Morgan fingerprint density at radius 3 is 2.32 bits per heavy atom. The van der Waals surface area contributed by atoms with E-state index in [9.17, 15) is 18.0 Å². The number of aliphatic hydroxyl groups excluding tert-OH is 1. The van der Waals surface area contributed by atoms with E-state index in [2.05, 4.69) is 5.32 Å². The van der Waals surface area contributed by atoms with Gasteiger partial charge in [0.2, 0.25) is 7.85 Å². The van der Waals surface area contributed by atoms with Gasteiger partial charge in [-0.05, 0) is 30.5 Å². The van der Waals surface area contributed by atoms with Crippen molar-refractivity contribution in [3.05, 3.63) is 35.4 Å². The summed E-state index contributed by atoms with van der Waals surface area (Å²) in [7, 11) is 1.35. The monoisotopic (exact) mass is 273 g/mol. The fourth-order valence-electron chi connectivity index (χ4n) is 1.70. The van der Waals surface area contributed by atoms with Crippen LogP contribution in [0.1, 0.15) is 17.5 Å². The van der Waals surface area contributed by atoms with Crippen LogP contribution in [0, 0.1) is 0 Å². The van der Waals surface area contributed by atoms with E-state index in [-0.39, 0.29) is 18.5 Å². The van der Waals surface area contributed by atoms with E-state index in [0.717, 1.165) is 17.7 Å². The Kier molecular flexibility index (Phi) is 5.41. The highest BCUT2D eigenvalue weighted by molar-refractivity contribution is 6.57. The number of carbonyl (C=O) groups is 1. The number of hydrogen-bond acceptors (Lipinski definition) is 2. The minimum absolute atomic E-state index is 0.194. The third kappa shape index (κ3) is 5.34. The molecule has 0 aliphatic rings. The second kappa shape index (κ2) is 6.61. The van der Waals surface area contributed by atoms with Crippen LogP contribution < -0.4 is 5.32 Å². The van der Waals surface area contributed by atoms with Crippen molar-refractivity contribution in [2.75, 3.05) is 6.61 Å². The molecule has 0 aliphatic carbocycles. The number of alkyl halides is 3. The van der Waals surface area contributed by atoms with Crippen LogP contribution in [0.4, 0.5) is 18.0 Å². The molecule has 7 heteroatoms. The Bertz CT molecular complexity index is 420. The van der Waals surface area contributed by atoms with Gasteiger partial charge in [-0.15, -0.1) is 0 Å². The Morgan fingerprint density at radius 2 is 1.89 bits per heavy atom. The first-order valence-electron chi connectivity index (χ1n) is 5.87. The molecule has 0 aliphatic heterocycles. The van der Waals surface area contributed by atoms with Crippen LogP contribution in [0.3, 0.4) is 0 Å². The van der Waals surface area contributed by atoms with Gasteiger partial charge in [-0.3, -0.25) is 4.79 Å². The smallest absolute Gasteiger partial charge is 0.394 e. The molecule has 0 saturated carbocycles. The summed E-state index contributed by atoms with van der Waals surface area (Å²) in [6.45, 7) is -0.194. The third-order valence-corrected chi connectivity index (χ3v) is 2.69. The molecule has 0 heterocycles. The molecular formula is C12H15BF3NO2. The minimum atomic E-state index is -4.33. The molecule has 1 atom stereocenters. The van der Waals surface area contributed by atoms with Crippen LogP contribution >= 0.6 is 0 Å². The second-order valence-electron chi connectivity index (χ2n) is 4.31. The molecule has 1 aromatic rings. The number of amides is 1. The van der Waals surface area contributed by atoms with E-state index >= 15 is 0 Å². The van der Waals surface area contributed by atoms with Gasteiger partial charge < -0.3 is 10.4 Å². The maximum atomic E-state index is 12.4. The maximum absolute atomic E-state index is 12.4. The van der Waals surface area contributed by atoms with E-state index < -0.39 is 11.7 Å². The van der Waals surface area contributed by atoms with Crippen LogP contribution in [0.25, 0.3) is 0 Å². The molecule has 104 valence electrons. The number of nitrogens with one attached hydrogen (secondary N) is 1. The van der Waals surface area contributed by atoms with E-state index in [1.807, 2.05) is 0 Å². The number of aliphatic hydroxyl groups is 1. The standard InChI is InChI=1S/C12H15BF3NO2/c13-11(19)17-10(7-18)6-3-8-1-4-9(5-2-8)12(14,15)16/h1-2,4-5,10,18H,3,6-7,13H2,(H,17,19)/t10-/m1/s1. The molecule has 1 amide bonds. The molecule has 0 unspecified atom stereocenters. The molecule has 2 N–H and O–H groups in total. The lowest BCUT2D eigenvalue weighted by Gasteiger charge is -2.15. The zero-order valence-corrected chi connectivity index (χ0v) is 10.5. The third-order valence-electron chi connectivity index (χ3n) is 2.69. The summed E-state index contributed by atoms with van der Waals surface area (Å²) >= 11 is 0. The summed E-state index contributed by atoms with van der Waals surface area (Å²) in [5.74, 6) is -0.244. The van der Waals surface area contributed by atoms with Gasteiger partial charge in [0, 0.05) is 0 Å². The summed E-state index contributed by atoms with van der Waals surface area (Å²) in [5, 5.41) is 11.6. The van der Waals surface area contributed by atoms with E-state index in [4.69, 9.17) is 5.11 Å². The number of halogens is 3. The number of aryl methyl sites for hydroxylation is 1. The number of benzene rings is 1. The lowest BCUT2D eigenvalue weighted by molar-refractivity contribution is -0.137. The SMILES string of the molecule is BC(=O)N[C@@H](CO)CCc1ccc(C(F)(F)F)cc1. The van der Waals surface area contributed by atoms with Crippen molar-refractivity contribution >= 4 is 13.7 Å². The molecule has 0 fully saturated rings. The summed E-state index contributed by atoms with van der Waals surface area (Å²) in [4.78, 5) is 10.8. The predicted molar refractivity (Wildman–Crippen MR) is 67.7 cm³/mol. The Labute approximate surface area is 110 Å². The number of hydrogen-bond donors (Lipinski definition) is 2. The molecule has 0 aromatic heterocycles. The van der Waals surface area contributed by atoms with Gasteiger partial charge in [0.25, 0.3) is 0 Å². The molecule has 0 saturated heterocycles. The molecule has 1 aromatic carbocycles. The van der Waals surface area contributed by atoms with Gasteiger partial charge in [0.15, 0.2) is 5.81 Å². The highest BCUT2D eigenvalue weighted by Gasteiger charge is 2.29. The first-order chi connectivity index (χ1) is 8.82. The lowest BCUT2D eigenvalue weighted by atomic mass is 10.0. The fraction of sp³-hybridized carbons (Fsp3) is 0.417. The van der Waals surface area contributed by atoms with E-state index in [1.54, 1.807) is 0 Å². The van der Waals surface area contributed by atoms with Gasteiger partial charge in [-0.2, -0.15) is 13.2 Å². The molecule has 1 rings (SSSR count). The van der Waals surface area contributed by atoms with Crippen LogP contribution in [0.15, 0.2) is 24.3 Å². The Balaban J connectivity index is 2.56. The molecule has 0 spiro atoms. The van der Waals surface area contributed by atoms with Crippen molar-refractivity contribution in [1.29, 1.82) is 0 Å². The molecule has 0 radical (unpaired) electrons. The predicted octanol–water partition coefficient (Wildman–Crippen LogP) is 1.34. The van der Waals surface area contributed by atoms with Crippen LogP contribution in [-0.2, 0) is 12.6 Å². The minimum Gasteiger partial charge on any atom is -0.394 e. The van der Waals surface area contributed by atoms with E-state index in [0.29, 0.717) is 12.8 Å². The van der Waals surface area contributed by atoms with Crippen LogP contribution in [0.2, 0.25) is 0 Å². The van der Waals surface area contributed by atoms with Gasteiger partial charge >= 0.3 is 6.18 Å². The van der Waals surface area contributed by atoms with Crippen molar-refractivity contribution in [2.45, 2.75) is 25.1 Å². The second-order valence-corrected chi connectivity index (χ2v) is 4.31. The van der Waals surface area contributed by atoms with Crippen molar-refractivity contribution < 1.29 is 23.1 Å². The van der Waals surface area contributed by atoms with Gasteiger partial charge in [0.1, 0.15) is 0 Å². The molecular weight excluding hydrogens is 258 g/mol. The average molecular weight is 273 g/mol. The maximum Gasteiger partial charge on any atom is 0.416 e. The zero-order chi connectivity index (χ0) is 14.5. The highest BCUT2D eigenvalue weighted by atomic mass is 19.4. The van der Waals surface area contributed by atoms with Gasteiger partial charge in [0.05, 0.1) is 18.2 Å². The summed E-state index contributed by atoms with van der Waals surface area (Å²) in [6.07, 6.45) is -3.37. The first kappa shape index (κ1) is 15.6. The highest BCUT2D eigenvalue weighted by Crippen LogP contribution is 2.29. The van der Waals surface area contributed by atoms with Crippen molar-refractivity contribution in [1.82, 2.24) is 5.32 Å². The Hall–Kier alpha value is -1.50. The lowest BCUT2D eigenvalue weighted by Crippen LogP contribution is -2.37. The largest absolute Gasteiger partial charge is 0.416 e. The quantitative estimate of drug-likeness (QED) is 0.795. The normalized spacial score (nSPS) is 13.1. The van der Waals surface area contributed by atoms with Gasteiger partial charge in [-0.25, -0.2) is 0 Å². The fourth-order valence-corrected chi connectivity index (χ4v) is 1.70. The van der Waals surface area contributed by atoms with E-state index in [1.165, 1.54) is 20.0 Å². The summed E-state index contributed by atoms with van der Waals surface area (Å²) in [6, 6.07) is 4.50. The Morgan fingerprint density at radius 1 is 1.32 bits per heavy atom. The number of carbonyl (C=O) groups excluding carboxylic acids is 1. The molecule has 3 nitrogen and oxygen atoms in total. The first-order valence-corrected chi connectivity index (χ1v) is 5.87. The number of rotatable bonds is 5. The van der Waals surface area contributed by atoms with Crippen LogP contribution in [-0.4, -0.2) is 31.4 Å². The summed E-state index contributed by atoms with van der Waals surface area (Å²) in [5.41, 5.74) is 0.0496. The van der Waals surface area contributed by atoms with Crippen LogP contribution in [0.5, 0.6) is 0 Å². The topological polar surface area (TPSA) is 49.3 Å².